The molecule has 1 amide bonds. The number of aromatic amines is 2. The fourth-order valence-electron chi connectivity index (χ4n) is 4.92. The van der Waals surface area contributed by atoms with Gasteiger partial charge in [0.15, 0.2) is 12.1 Å². The van der Waals surface area contributed by atoms with Gasteiger partial charge in [0, 0.05) is 44.0 Å². The number of benzene rings is 1. The molecule has 2 fully saturated rings. The minimum Gasteiger partial charge on any atom is -0.494 e. The summed E-state index contributed by atoms with van der Waals surface area (Å²) in [7, 11) is 1.65. The van der Waals surface area contributed by atoms with Crippen molar-refractivity contribution in [1.82, 2.24) is 19.9 Å². The Bertz CT molecular complexity index is 1170. The van der Waals surface area contributed by atoms with E-state index in [1.807, 2.05) is 23.1 Å². The Morgan fingerprint density at radius 1 is 1.20 bits per heavy atom. The van der Waals surface area contributed by atoms with Crippen LogP contribution in [0.25, 0.3) is 11.2 Å². The molecule has 0 radical (unpaired) electrons. The number of nitrogens with one attached hydrogen (secondary N) is 4. The van der Waals surface area contributed by atoms with Crippen molar-refractivity contribution in [2.75, 3.05) is 55.4 Å². The normalized spacial score (nSPS) is 17.0. The quantitative estimate of drug-likeness (QED) is 0.402. The van der Waals surface area contributed by atoms with E-state index < -0.39 is 0 Å². The Kier molecular flexibility index (Phi) is 6.84. The number of rotatable bonds is 7. The second-order valence-corrected chi connectivity index (χ2v) is 9.11. The van der Waals surface area contributed by atoms with Gasteiger partial charge in [0.1, 0.15) is 5.75 Å². The molecule has 35 heavy (non-hydrogen) atoms. The second kappa shape index (κ2) is 10.3. The number of carbonyl (C=O) groups excluding carboxylic acids is 1. The van der Waals surface area contributed by atoms with Crippen LogP contribution in [-0.2, 0) is 4.79 Å². The van der Waals surface area contributed by atoms with Gasteiger partial charge in [-0.05, 0) is 25.0 Å². The summed E-state index contributed by atoms with van der Waals surface area (Å²) >= 11 is 0. The summed E-state index contributed by atoms with van der Waals surface area (Å²) in [6, 6.07) is 6.46. The first-order valence-electron chi connectivity index (χ1n) is 12.4. The van der Waals surface area contributed by atoms with E-state index in [0.29, 0.717) is 30.8 Å². The molecule has 0 unspecified atom stereocenters. The lowest BCUT2D eigenvalue weighted by Gasteiger charge is -2.36. The highest BCUT2D eigenvalue weighted by Crippen LogP contribution is 2.33. The van der Waals surface area contributed by atoms with Crippen LogP contribution in [0, 0.1) is 0 Å². The van der Waals surface area contributed by atoms with E-state index in [0.717, 1.165) is 54.3 Å². The van der Waals surface area contributed by atoms with Crippen LogP contribution >= 0.6 is 0 Å². The molecule has 5 rings (SSSR count). The Hall–Kier alpha value is -3.60. The molecule has 186 valence electrons. The van der Waals surface area contributed by atoms with E-state index in [4.69, 9.17) is 15.5 Å². The third kappa shape index (κ3) is 5.09. The van der Waals surface area contributed by atoms with Crippen molar-refractivity contribution in [3.8, 4) is 5.75 Å². The largest absolute Gasteiger partial charge is 0.494 e. The molecular weight excluding hydrogens is 446 g/mol. The zero-order chi connectivity index (χ0) is 24.2. The fraction of sp³-hybridized carbons (Fsp3) is 0.500. The highest BCUT2D eigenvalue weighted by atomic mass is 16.5. The molecule has 3 heterocycles. The Balaban J connectivity index is 1.33. The number of nitrogens with two attached hydrogens (primary N) is 1. The SMILES string of the molecule is COc1cc(N2CCN(C(=O)CN)CC2)ccc1Nc1nc(NC2CCCCC2)c2[nH]c[nH+]c2n1. The number of anilines is 4. The molecule has 0 bridgehead atoms. The number of imidazole rings is 1. The molecule has 11 nitrogen and oxygen atoms in total. The van der Waals surface area contributed by atoms with Crippen LogP contribution in [0.1, 0.15) is 32.1 Å². The summed E-state index contributed by atoms with van der Waals surface area (Å²) in [6.45, 7) is 2.88. The third-order valence-corrected chi connectivity index (χ3v) is 6.88. The molecule has 1 saturated carbocycles. The maximum atomic E-state index is 11.9. The number of amides is 1. The van der Waals surface area contributed by atoms with E-state index in [2.05, 4.69) is 30.5 Å². The first-order valence-corrected chi connectivity index (χ1v) is 12.4. The van der Waals surface area contributed by atoms with Gasteiger partial charge in [0.05, 0.1) is 19.3 Å². The molecule has 0 atom stereocenters. The topological polar surface area (TPSA) is 139 Å². The van der Waals surface area contributed by atoms with Gasteiger partial charge in [-0.2, -0.15) is 4.98 Å². The summed E-state index contributed by atoms with van der Waals surface area (Å²) in [6.07, 6.45) is 7.87. The van der Waals surface area contributed by atoms with Crippen LogP contribution in [0.3, 0.4) is 0 Å². The molecule has 2 aliphatic rings. The fourth-order valence-corrected chi connectivity index (χ4v) is 4.92. The summed E-state index contributed by atoms with van der Waals surface area (Å²) in [5.74, 6) is 1.99. The van der Waals surface area contributed by atoms with Crippen molar-refractivity contribution in [2.24, 2.45) is 5.73 Å². The minimum atomic E-state index is -0.00393. The lowest BCUT2D eigenvalue weighted by atomic mass is 9.95. The molecule has 11 heteroatoms. The van der Waals surface area contributed by atoms with E-state index in [-0.39, 0.29) is 12.5 Å². The lowest BCUT2D eigenvalue weighted by Crippen LogP contribution is -2.50. The van der Waals surface area contributed by atoms with Crippen LogP contribution in [0.15, 0.2) is 24.5 Å². The van der Waals surface area contributed by atoms with Gasteiger partial charge in [0.25, 0.3) is 0 Å². The molecule has 1 saturated heterocycles. The highest BCUT2D eigenvalue weighted by Gasteiger charge is 2.23. The van der Waals surface area contributed by atoms with Crippen LogP contribution in [-0.4, -0.2) is 71.6 Å². The van der Waals surface area contributed by atoms with Crippen molar-refractivity contribution in [3.63, 3.8) is 0 Å². The zero-order valence-corrected chi connectivity index (χ0v) is 20.1. The number of nitrogens with zero attached hydrogens (tertiary/aromatic N) is 4. The maximum absolute atomic E-state index is 11.9. The zero-order valence-electron chi connectivity index (χ0n) is 20.1. The number of aromatic nitrogens is 4. The number of hydrogen-bond acceptors (Lipinski definition) is 8. The predicted molar refractivity (Wildman–Crippen MR) is 135 cm³/mol. The number of hydrogen-bond donors (Lipinski definition) is 4. The molecule has 6 N–H and O–H groups in total. The third-order valence-electron chi connectivity index (χ3n) is 6.88. The van der Waals surface area contributed by atoms with Gasteiger partial charge in [-0.15, -0.1) is 0 Å². The lowest BCUT2D eigenvalue weighted by molar-refractivity contribution is -0.347. The Morgan fingerprint density at radius 2 is 2.00 bits per heavy atom. The van der Waals surface area contributed by atoms with Gasteiger partial charge >= 0.3 is 11.6 Å². The average Bonchev–Trinajstić information content (AvgIpc) is 3.38. The summed E-state index contributed by atoms with van der Waals surface area (Å²) in [4.78, 5) is 31.7. The maximum Gasteiger partial charge on any atom is 0.307 e. The molecular formula is C24H34N9O2+. The van der Waals surface area contributed by atoms with Crippen molar-refractivity contribution < 1.29 is 14.5 Å². The molecule has 0 spiro atoms. The smallest absolute Gasteiger partial charge is 0.307 e. The number of methoxy groups -OCH3 is 1. The monoisotopic (exact) mass is 480 g/mol. The van der Waals surface area contributed by atoms with Crippen molar-refractivity contribution in [2.45, 2.75) is 38.1 Å². The van der Waals surface area contributed by atoms with Crippen LogP contribution in [0.4, 0.5) is 23.1 Å². The molecule has 1 aliphatic heterocycles. The van der Waals surface area contributed by atoms with Crippen molar-refractivity contribution in [1.29, 1.82) is 0 Å². The van der Waals surface area contributed by atoms with E-state index in [1.165, 1.54) is 19.3 Å². The van der Waals surface area contributed by atoms with E-state index >= 15 is 0 Å². The summed E-state index contributed by atoms with van der Waals surface area (Å²) < 4.78 is 5.69. The first kappa shape index (κ1) is 23.2. The van der Waals surface area contributed by atoms with E-state index in [9.17, 15) is 4.79 Å². The molecule has 3 aromatic rings. The molecule has 1 aliphatic carbocycles. The second-order valence-electron chi connectivity index (χ2n) is 9.11. The number of fused-ring (bicyclic) bond motifs is 1. The highest BCUT2D eigenvalue weighted by molar-refractivity contribution is 5.82. The van der Waals surface area contributed by atoms with Crippen molar-refractivity contribution >= 4 is 40.2 Å². The van der Waals surface area contributed by atoms with Gasteiger partial charge in [0.2, 0.25) is 11.4 Å². The number of H-pyrrole nitrogens is 2. The van der Waals surface area contributed by atoms with Gasteiger partial charge < -0.3 is 30.9 Å². The van der Waals surface area contributed by atoms with Crippen molar-refractivity contribution in [3.05, 3.63) is 24.5 Å². The number of ether oxygens (including phenoxy) is 1. The van der Waals surface area contributed by atoms with Gasteiger partial charge in [-0.3, -0.25) is 9.78 Å². The van der Waals surface area contributed by atoms with Gasteiger partial charge in [-0.1, -0.05) is 24.2 Å². The molecule has 1 aromatic carbocycles. The summed E-state index contributed by atoms with van der Waals surface area (Å²) in [5.41, 5.74) is 8.94. The molecule has 2 aromatic heterocycles. The van der Waals surface area contributed by atoms with Crippen LogP contribution in [0.5, 0.6) is 5.75 Å². The van der Waals surface area contributed by atoms with Crippen LogP contribution in [0.2, 0.25) is 0 Å². The van der Waals surface area contributed by atoms with Crippen LogP contribution < -0.4 is 31.0 Å². The average molecular weight is 481 g/mol. The standard InChI is InChI=1S/C24H33N9O2/c1-35-19-13-17(32-9-11-33(12-10-32)20(34)14-25)7-8-18(19)29-24-30-22-21(26-15-27-22)23(31-24)28-16-5-3-2-4-6-16/h7-8,13,15-16H,2-6,9-12,14,25H2,1H3,(H3,26,27,28,29,30,31)/p+1. The minimum absolute atomic E-state index is 0.00393. The van der Waals surface area contributed by atoms with E-state index in [1.54, 1.807) is 13.4 Å². The Morgan fingerprint density at radius 3 is 2.74 bits per heavy atom. The summed E-state index contributed by atoms with van der Waals surface area (Å²) in [5, 5.41) is 6.95. The van der Waals surface area contributed by atoms with Gasteiger partial charge in [-0.25, -0.2) is 4.98 Å². The Labute approximate surface area is 204 Å². The predicted octanol–water partition coefficient (Wildman–Crippen LogP) is 1.88. The number of carbonyl (C=O) groups is 1. The number of piperazine rings is 1. The first-order chi connectivity index (χ1) is 17.1.